The van der Waals surface area contributed by atoms with Gasteiger partial charge in [-0.3, -0.25) is 0 Å². The molecule has 3 rings (SSSR count). The molecule has 1 heterocycles. The van der Waals surface area contributed by atoms with Crippen LogP contribution in [0, 0.1) is 5.92 Å². The Labute approximate surface area is 130 Å². The summed E-state index contributed by atoms with van der Waals surface area (Å²) in [5, 5.41) is 0.419. The zero-order valence-corrected chi connectivity index (χ0v) is 12.7. The smallest absolute Gasteiger partial charge is 0.218 e. The lowest BCUT2D eigenvalue weighted by molar-refractivity contribution is 0.203. The molecule has 0 atom stereocenters. The molecule has 0 saturated heterocycles. The number of ether oxygens (including phenoxy) is 1. The SMILES string of the molecule is Clc1cc(OCC2CCCCC2)nc(-c2ccccc2)n1. The maximum absolute atomic E-state index is 6.09. The second kappa shape index (κ2) is 6.90. The first-order valence-corrected chi connectivity index (χ1v) is 7.92. The fraction of sp³-hybridized carbons (Fsp3) is 0.412. The van der Waals surface area contributed by atoms with Crippen molar-refractivity contribution in [3.05, 3.63) is 41.6 Å². The average molecular weight is 303 g/mol. The largest absolute Gasteiger partial charge is 0.477 e. The molecule has 21 heavy (non-hydrogen) atoms. The molecule has 0 spiro atoms. The monoisotopic (exact) mass is 302 g/mol. The summed E-state index contributed by atoms with van der Waals surface area (Å²) < 4.78 is 5.85. The molecule has 1 aliphatic rings. The van der Waals surface area contributed by atoms with Crippen LogP contribution in [0.15, 0.2) is 36.4 Å². The Morgan fingerprint density at radius 1 is 1.05 bits per heavy atom. The molecule has 0 bridgehead atoms. The molecule has 0 aliphatic heterocycles. The molecule has 2 aromatic rings. The fourth-order valence-corrected chi connectivity index (χ4v) is 2.92. The minimum absolute atomic E-state index is 0.419. The number of aromatic nitrogens is 2. The summed E-state index contributed by atoms with van der Waals surface area (Å²) in [6, 6.07) is 11.5. The molecule has 0 amide bonds. The number of hydrogen-bond acceptors (Lipinski definition) is 3. The highest BCUT2D eigenvalue weighted by Gasteiger charge is 2.15. The molecular weight excluding hydrogens is 284 g/mol. The van der Waals surface area contributed by atoms with Gasteiger partial charge in [0.25, 0.3) is 0 Å². The molecule has 1 aromatic heterocycles. The van der Waals surface area contributed by atoms with Crippen molar-refractivity contribution in [3.63, 3.8) is 0 Å². The fourth-order valence-electron chi connectivity index (χ4n) is 2.74. The van der Waals surface area contributed by atoms with Crippen LogP contribution in [-0.4, -0.2) is 16.6 Å². The van der Waals surface area contributed by atoms with Crippen molar-refractivity contribution in [3.8, 4) is 17.3 Å². The molecule has 1 fully saturated rings. The van der Waals surface area contributed by atoms with Gasteiger partial charge in [-0.15, -0.1) is 0 Å². The van der Waals surface area contributed by atoms with E-state index in [1.807, 2.05) is 30.3 Å². The normalized spacial score (nSPS) is 15.9. The molecule has 0 radical (unpaired) electrons. The van der Waals surface area contributed by atoms with Crippen molar-refractivity contribution >= 4 is 11.6 Å². The Balaban J connectivity index is 1.72. The molecule has 1 saturated carbocycles. The van der Waals surface area contributed by atoms with Crippen LogP contribution >= 0.6 is 11.6 Å². The lowest BCUT2D eigenvalue weighted by Crippen LogP contribution is -2.15. The van der Waals surface area contributed by atoms with Crippen LogP contribution in [0.4, 0.5) is 0 Å². The highest BCUT2D eigenvalue weighted by Crippen LogP contribution is 2.26. The van der Waals surface area contributed by atoms with Crippen LogP contribution < -0.4 is 4.74 Å². The van der Waals surface area contributed by atoms with Crippen molar-refractivity contribution in [2.24, 2.45) is 5.92 Å². The van der Waals surface area contributed by atoms with Crippen LogP contribution in [0.1, 0.15) is 32.1 Å². The van der Waals surface area contributed by atoms with Gasteiger partial charge in [-0.05, 0) is 18.8 Å². The molecule has 0 unspecified atom stereocenters. The first-order chi connectivity index (χ1) is 10.3. The standard InChI is InChI=1S/C17H19ClN2O/c18-15-11-16(21-12-13-7-3-1-4-8-13)20-17(19-15)14-9-5-2-6-10-14/h2,5-6,9-11,13H,1,3-4,7-8,12H2. The topological polar surface area (TPSA) is 35.0 Å². The van der Waals surface area contributed by atoms with Gasteiger partial charge < -0.3 is 4.74 Å². The van der Waals surface area contributed by atoms with E-state index in [2.05, 4.69) is 9.97 Å². The third kappa shape index (κ3) is 3.94. The maximum atomic E-state index is 6.09. The lowest BCUT2D eigenvalue weighted by atomic mass is 9.90. The Hall–Kier alpha value is -1.61. The number of hydrogen-bond donors (Lipinski definition) is 0. The Morgan fingerprint density at radius 3 is 2.57 bits per heavy atom. The van der Waals surface area contributed by atoms with Crippen molar-refractivity contribution in [1.29, 1.82) is 0 Å². The summed E-state index contributed by atoms with van der Waals surface area (Å²) in [6.07, 6.45) is 6.49. The van der Waals surface area contributed by atoms with E-state index >= 15 is 0 Å². The molecule has 1 aliphatic carbocycles. The summed E-state index contributed by atoms with van der Waals surface area (Å²) in [7, 11) is 0. The molecule has 3 nitrogen and oxygen atoms in total. The van der Waals surface area contributed by atoms with Gasteiger partial charge in [-0.2, -0.15) is 4.98 Å². The third-order valence-electron chi connectivity index (χ3n) is 3.90. The zero-order valence-electron chi connectivity index (χ0n) is 12.0. The number of nitrogens with zero attached hydrogens (tertiary/aromatic N) is 2. The third-order valence-corrected chi connectivity index (χ3v) is 4.09. The molecule has 0 N–H and O–H groups in total. The van der Waals surface area contributed by atoms with E-state index in [1.54, 1.807) is 6.07 Å². The van der Waals surface area contributed by atoms with Gasteiger partial charge in [0.05, 0.1) is 6.61 Å². The van der Waals surface area contributed by atoms with Gasteiger partial charge in [0.15, 0.2) is 5.82 Å². The summed E-state index contributed by atoms with van der Waals surface area (Å²) in [6.45, 7) is 0.724. The van der Waals surface area contributed by atoms with E-state index in [4.69, 9.17) is 16.3 Å². The van der Waals surface area contributed by atoms with E-state index in [1.165, 1.54) is 32.1 Å². The highest BCUT2D eigenvalue weighted by molar-refractivity contribution is 6.29. The van der Waals surface area contributed by atoms with Gasteiger partial charge in [-0.1, -0.05) is 61.2 Å². The quantitative estimate of drug-likeness (QED) is 0.764. The Morgan fingerprint density at radius 2 is 1.81 bits per heavy atom. The molecular formula is C17H19ClN2O. The van der Waals surface area contributed by atoms with Gasteiger partial charge in [0.2, 0.25) is 5.88 Å². The lowest BCUT2D eigenvalue weighted by Gasteiger charge is -2.21. The summed E-state index contributed by atoms with van der Waals surface area (Å²) in [4.78, 5) is 8.74. The van der Waals surface area contributed by atoms with E-state index in [0.717, 1.165) is 12.2 Å². The highest BCUT2D eigenvalue weighted by atomic mass is 35.5. The van der Waals surface area contributed by atoms with E-state index in [0.29, 0.717) is 22.8 Å². The summed E-state index contributed by atoms with van der Waals surface area (Å²) >= 11 is 6.09. The summed E-state index contributed by atoms with van der Waals surface area (Å²) in [5.74, 6) is 1.83. The summed E-state index contributed by atoms with van der Waals surface area (Å²) in [5.41, 5.74) is 0.947. The van der Waals surface area contributed by atoms with Crippen molar-refractivity contribution < 1.29 is 4.74 Å². The number of rotatable bonds is 4. The molecule has 1 aromatic carbocycles. The molecule has 110 valence electrons. The average Bonchev–Trinajstić information content (AvgIpc) is 2.54. The Kier molecular flexibility index (Phi) is 4.71. The second-order valence-electron chi connectivity index (χ2n) is 5.53. The molecule has 4 heteroatoms. The first kappa shape index (κ1) is 14.3. The van der Waals surface area contributed by atoms with Crippen LogP contribution in [-0.2, 0) is 0 Å². The van der Waals surface area contributed by atoms with Crippen LogP contribution in [0.25, 0.3) is 11.4 Å². The van der Waals surface area contributed by atoms with E-state index < -0.39 is 0 Å². The van der Waals surface area contributed by atoms with Crippen LogP contribution in [0.2, 0.25) is 5.15 Å². The predicted molar refractivity (Wildman–Crippen MR) is 84.5 cm³/mol. The Bertz CT molecular complexity index is 583. The van der Waals surface area contributed by atoms with Gasteiger partial charge in [-0.25, -0.2) is 4.98 Å². The van der Waals surface area contributed by atoms with Crippen molar-refractivity contribution in [2.75, 3.05) is 6.61 Å². The van der Waals surface area contributed by atoms with Crippen LogP contribution in [0.5, 0.6) is 5.88 Å². The van der Waals surface area contributed by atoms with Gasteiger partial charge in [0.1, 0.15) is 5.15 Å². The minimum Gasteiger partial charge on any atom is -0.477 e. The minimum atomic E-state index is 0.419. The van der Waals surface area contributed by atoms with E-state index in [-0.39, 0.29) is 0 Å². The zero-order chi connectivity index (χ0) is 14.5. The second-order valence-corrected chi connectivity index (χ2v) is 5.92. The van der Waals surface area contributed by atoms with Crippen molar-refractivity contribution in [2.45, 2.75) is 32.1 Å². The predicted octanol–water partition coefficient (Wildman–Crippen LogP) is 4.76. The number of benzene rings is 1. The number of halogens is 1. The maximum Gasteiger partial charge on any atom is 0.218 e. The van der Waals surface area contributed by atoms with Gasteiger partial charge in [0, 0.05) is 11.6 Å². The van der Waals surface area contributed by atoms with Gasteiger partial charge >= 0.3 is 0 Å². The van der Waals surface area contributed by atoms with E-state index in [9.17, 15) is 0 Å². The van der Waals surface area contributed by atoms with Crippen molar-refractivity contribution in [1.82, 2.24) is 9.97 Å². The van der Waals surface area contributed by atoms with Crippen LogP contribution in [0.3, 0.4) is 0 Å². The first-order valence-electron chi connectivity index (χ1n) is 7.54.